The molecule has 0 bridgehead atoms. The number of benzene rings is 1. The smallest absolute Gasteiger partial charge is 0.234 e. The summed E-state index contributed by atoms with van der Waals surface area (Å²) in [6, 6.07) is 7.92. The first-order chi connectivity index (χ1) is 11.7. The van der Waals surface area contributed by atoms with E-state index in [0.717, 1.165) is 59.7 Å². The number of likely N-dealkylation sites (tertiary alicyclic amines) is 1. The van der Waals surface area contributed by atoms with Crippen LogP contribution in [0.25, 0.3) is 10.9 Å². The summed E-state index contributed by atoms with van der Waals surface area (Å²) < 4.78 is 5.27. The van der Waals surface area contributed by atoms with Crippen LogP contribution in [0.5, 0.6) is 5.75 Å². The van der Waals surface area contributed by atoms with Crippen molar-refractivity contribution in [2.45, 2.75) is 30.2 Å². The summed E-state index contributed by atoms with van der Waals surface area (Å²) in [6.07, 6.45) is 5.03. The number of pyridine rings is 1. The quantitative estimate of drug-likeness (QED) is 0.815. The number of nitrogens with two attached hydrogens (primary N) is 1. The number of methoxy groups -OCH3 is 1. The van der Waals surface area contributed by atoms with E-state index in [2.05, 4.69) is 16.0 Å². The normalized spacial score (nSPS) is 18.6. The van der Waals surface area contributed by atoms with Crippen molar-refractivity contribution in [1.82, 2.24) is 9.88 Å². The molecule has 2 heterocycles. The number of carbonyl (C=O) groups is 1. The van der Waals surface area contributed by atoms with Crippen molar-refractivity contribution in [3.05, 3.63) is 30.5 Å². The van der Waals surface area contributed by atoms with Gasteiger partial charge in [-0.15, -0.1) is 11.8 Å². The van der Waals surface area contributed by atoms with Crippen LogP contribution in [0.15, 0.2) is 35.4 Å². The minimum absolute atomic E-state index is 0.0988. The van der Waals surface area contributed by atoms with Crippen molar-refractivity contribution in [3.63, 3.8) is 0 Å². The maximum Gasteiger partial charge on any atom is 0.234 e. The SMILES string of the molecule is COc1ccc2ncc(SCCN3CCCCC3C(N)=O)cc2c1. The van der Waals surface area contributed by atoms with E-state index in [1.165, 1.54) is 0 Å². The zero-order chi connectivity index (χ0) is 16.9. The standard InChI is InChI=1S/C18H23N3O2S/c1-23-14-5-6-16-13(10-14)11-15(12-20-16)24-9-8-21-7-3-2-4-17(21)18(19)22/h5-6,10-12,17H,2-4,7-9H2,1H3,(H2,19,22). The monoisotopic (exact) mass is 345 g/mol. The highest BCUT2D eigenvalue weighted by atomic mass is 32.2. The molecular weight excluding hydrogens is 322 g/mol. The summed E-state index contributed by atoms with van der Waals surface area (Å²) in [5, 5.41) is 1.08. The van der Waals surface area contributed by atoms with Gasteiger partial charge in [0.15, 0.2) is 0 Å². The molecule has 5 nitrogen and oxygen atoms in total. The lowest BCUT2D eigenvalue weighted by atomic mass is 10.0. The average Bonchev–Trinajstić information content (AvgIpc) is 2.61. The highest BCUT2D eigenvalue weighted by Crippen LogP contribution is 2.25. The Labute approximate surface area is 146 Å². The number of thioether (sulfide) groups is 1. The molecule has 1 amide bonds. The number of hydrogen-bond acceptors (Lipinski definition) is 5. The fourth-order valence-corrected chi connectivity index (χ4v) is 4.06. The van der Waals surface area contributed by atoms with Gasteiger partial charge in [-0.2, -0.15) is 0 Å². The minimum atomic E-state index is -0.195. The highest BCUT2D eigenvalue weighted by Gasteiger charge is 2.26. The number of fused-ring (bicyclic) bond motifs is 1. The summed E-state index contributed by atoms with van der Waals surface area (Å²) in [6.45, 7) is 1.83. The lowest BCUT2D eigenvalue weighted by Gasteiger charge is -2.33. The maximum atomic E-state index is 11.6. The van der Waals surface area contributed by atoms with E-state index < -0.39 is 0 Å². The van der Waals surface area contributed by atoms with Crippen molar-refractivity contribution in [2.75, 3.05) is 26.0 Å². The molecule has 3 rings (SSSR count). The Morgan fingerprint density at radius 2 is 2.29 bits per heavy atom. The number of ether oxygens (including phenoxy) is 1. The number of rotatable bonds is 6. The second-order valence-electron chi connectivity index (χ2n) is 6.03. The zero-order valence-corrected chi connectivity index (χ0v) is 14.7. The predicted molar refractivity (Wildman–Crippen MR) is 97.4 cm³/mol. The second-order valence-corrected chi connectivity index (χ2v) is 7.20. The van der Waals surface area contributed by atoms with Gasteiger partial charge in [0.25, 0.3) is 0 Å². The molecule has 2 N–H and O–H groups in total. The van der Waals surface area contributed by atoms with Crippen molar-refractivity contribution < 1.29 is 9.53 Å². The van der Waals surface area contributed by atoms with Gasteiger partial charge in [-0.1, -0.05) is 6.42 Å². The lowest BCUT2D eigenvalue weighted by molar-refractivity contribution is -0.124. The van der Waals surface area contributed by atoms with Gasteiger partial charge in [-0.05, 0) is 43.7 Å². The van der Waals surface area contributed by atoms with Gasteiger partial charge in [0.1, 0.15) is 5.75 Å². The van der Waals surface area contributed by atoms with Gasteiger partial charge >= 0.3 is 0 Å². The third-order valence-corrected chi connectivity index (χ3v) is 5.40. The van der Waals surface area contributed by atoms with Crippen LogP contribution >= 0.6 is 11.8 Å². The molecule has 0 aliphatic carbocycles. The van der Waals surface area contributed by atoms with E-state index >= 15 is 0 Å². The molecule has 24 heavy (non-hydrogen) atoms. The first kappa shape index (κ1) is 17.0. The molecule has 2 aromatic rings. The number of nitrogens with zero attached hydrogens (tertiary/aromatic N) is 2. The molecule has 1 atom stereocenters. The molecule has 1 saturated heterocycles. The number of carbonyl (C=O) groups excluding carboxylic acids is 1. The van der Waals surface area contributed by atoms with Crippen LogP contribution in [-0.4, -0.2) is 47.8 Å². The summed E-state index contributed by atoms with van der Waals surface area (Å²) >= 11 is 1.76. The van der Waals surface area contributed by atoms with Gasteiger partial charge < -0.3 is 10.5 Å². The Morgan fingerprint density at radius 1 is 1.42 bits per heavy atom. The molecule has 128 valence electrons. The van der Waals surface area contributed by atoms with Gasteiger partial charge in [-0.3, -0.25) is 14.7 Å². The third-order valence-electron chi connectivity index (χ3n) is 4.45. The van der Waals surface area contributed by atoms with Crippen molar-refractivity contribution in [2.24, 2.45) is 5.73 Å². The molecule has 1 aromatic carbocycles. The number of aromatic nitrogens is 1. The van der Waals surface area contributed by atoms with Crippen LogP contribution in [-0.2, 0) is 4.79 Å². The van der Waals surface area contributed by atoms with E-state index in [1.807, 2.05) is 24.4 Å². The number of primary amides is 1. The Hall–Kier alpha value is -1.79. The lowest BCUT2D eigenvalue weighted by Crippen LogP contribution is -2.48. The molecule has 1 aliphatic heterocycles. The van der Waals surface area contributed by atoms with E-state index in [-0.39, 0.29) is 11.9 Å². The van der Waals surface area contributed by atoms with Crippen LogP contribution in [0.3, 0.4) is 0 Å². The van der Waals surface area contributed by atoms with Crippen LogP contribution in [0.2, 0.25) is 0 Å². The van der Waals surface area contributed by atoms with Crippen molar-refractivity contribution >= 4 is 28.6 Å². The van der Waals surface area contributed by atoms with Crippen LogP contribution in [0, 0.1) is 0 Å². The van der Waals surface area contributed by atoms with E-state index in [4.69, 9.17) is 10.5 Å². The molecule has 0 spiro atoms. The molecule has 1 unspecified atom stereocenters. The molecule has 1 aromatic heterocycles. The molecule has 0 saturated carbocycles. The maximum absolute atomic E-state index is 11.6. The van der Waals surface area contributed by atoms with Gasteiger partial charge in [0.05, 0.1) is 18.7 Å². The number of amides is 1. The molecule has 1 aliphatic rings. The summed E-state index contributed by atoms with van der Waals surface area (Å²) in [5.74, 6) is 1.56. The fraction of sp³-hybridized carbons (Fsp3) is 0.444. The Balaban J connectivity index is 1.61. The highest BCUT2D eigenvalue weighted by molar-refractivity contribution is 7.99. The fourth-order valence-electron chi connectivity index (χ4n) is 3.16. The van der Waals surface area contributed by atoms with Crippen LogP contribution in [0.4, 0.5) is 0 Å². The zero-order valence-electron chi connectivity index (χ0n) is 13.9. The summed E-state index contributed by atoms with van der Waals surface area (Å²) in [4.78, 5) is 19.4. The number of hydrogen-bond donors (Lipinski definition) is 1. The largest absolute Gasteiger partial charge is 0.497 e. The Bertz CT molecular complexity index is 722. The first-order valence-electron chi connectivity index (χ1n) is 8.27. The minimum Gasteiger partial charge on any atom is -0.497 e. The van der Waals surface area contributed by atoms with E-state index in [9.17, 15) is 4.79 Å². The Morgan fingerprint density at radius 3 is 3.08 bits per heavy atom. The second kappa shape index (κ2) is 7.85. The van der Waals surface area contributed by atoms with Crippen molar-refractivity contribution in [3.8, 4) is 5.75 Å². The molecule has 0 radical (unpaired) electrons. The van der Waals surface area contributed by atoms with Crippen LogP contribution < -0.4 is 10.5 Å². The molecule has 6 heteroatoms. The Kier molecular flexibility index (Phi) is 5.58. The topological polar surface area (TPSA) is 68.4 Å². The summed E-state index contributed by atoms with van der Waals surface area (Å²) in [5.41, 5.74) is 6.48. The summed E-state index contributed by atoms with van der Waals surface area (Å²) in [7, 11) is 1.67. The molecule has 1 fully saturated rings. The molecular formula is C18H23N3O2S. The van der Waals surface area contributed by atoms with Crippen molar-refractivity contribution in [1.29, 1.82) is 0 Å². The first-order valence-corrected chi connectivity index (χ1v) is 9.26. The third kappa shape index (κ3) is 3.99. The average molecular weight is 345 g/mol. The van der Waals surface area contributed by atoms with Gasteiger partial charge in [-0.25, -0.2) is 0 Å². The van der Waals surface area contributed by atoms with E-state index in [1.54, 1.807) is 18.9 Å². The predicted octanol–water partition coefficient (Wildman–Crippen LogP) is 2.68. The van der Waals surface area contributed by atoms with E-state index in [0.29, 0.717) is 0 Å². The number of piperidine rings is 1. The van der Waals surface area contributed by atoms with Gasteiger partial charge in [0, 0.05) is 28.8 Å². The van der Waals surface area contributed by atoms with Gasteiger partial charge in [0.2, 0.25) is 5.91 Å². The van der Waals surface area contributed by atoms with Crippen LogP contribution in [0.1, 0.15) is 19.3 Å².